The van der Waals surface area contributed by atoms with E-state index in [-0.39, 0.29) is 22.6 Å². The Morgan fingerprint density at radius 2 is 1.81 bits per heavy atom. The van der Waals surface area contributed by atoms with Crippen LogP contribution in [0.1, 0.15) is 5.56 Å². The Hall–Kier alpha value is -2.36. The molecule has 4 nitrogen and oxygen atoms in total. The second kappa shape index (κ2) is 3.66. The van der Waals surface area contributed by atoms with Gasteiger partial charge in [-0.1, -0.05) is 12.1 Å². The summed E-state index contributed by atoms with van der Waals surface area (Å²) in [6.07, 6.45) is 2.70. The molecule has 0 bridgehead atoms. The molecule has 0 spiro atoms. The maximum atomic E-state index is 9.91. The van der Waals surface area contributed by atoms with Crippen LogP contribution < -0.4 is 5.73 Å². The minimum absolute atomic E-state index is 0.0169. The SMILES string of the molecule is N/C=C/c1cc(O)c2cccc(O)c2c1O. The van der Waals surface area contributed by atoms with Crippen LogP contribution in [-0.4, -0.2) is 15.3 Å². The van der Waals surface area contributed by atoms with Crippen molar-refractivity contribution in [1.29, 1.82) is 0 Å². The Balaban J connectivity index is 2.92. The molecule has 0 fully saturated rings. The number of hydrogen-bond acceptors (Lipinski definition) is 4. The maximum Gasteiger partial charge on any atom is 0.134 e. The van der Waals surface area contributed by atoms with Gasteiger partial charge < -0.3 is 21.1 Å². The van der Waals surface area contributed by atoms with Crippen molar-refractivity contribution in [3.05, 3.63) is 36.0 Å². The van der Waals surface area contributed by atoms with Crippen LogP contribution in [0.5, 0.6) is 17.2 Å². The summed E-state index contributed by atoms with van der Waals surface area (Å²) in [5.41, 5.74) is 5.58. The van der Waals surface area contributed by atoms with Gasteiger partial charge in [0.05, 0.1) is 5.39 Å². The van der Waals surface area contributed by atoms with E-state index in [0.717, 1.165) is 0 Å². The fraction of sp³-hybridized carbons (Fsp3) is 0. The van der Waals surface area contributed by atoms with E-state index in [0.29, 0.717) is 10.9 Å². The lowest BCUT2D eigenvalue weighted by Gasteiger charge is -2.08. The highest BCUT2D eigenvalue weighted by Gasteiger charge is 2.12. The molecule has 16 heavy (non-hydrogen) atoms. The van der Waals surface area contributed by atoms with Crippen LogP contribution >= 0.6 is 0 Å². The largest absolute Gasteiger partial charge is 0.507 e. The Labute approximate surface area is 91.9 Å². The topological polar surface area (TPSA) is 86.7 Å². The smallest absolute Gasteiger partial charge is 0.134 e. The van der Waals surface area contributed by atoms with Crippen molar-refractivity contribution in [1.82, 2.24) is 0 Å². The number of nitrogens with two attached hydrogens (primary N) is 1. The Kier molecular flexibility index (Phi) is 2.32. The van der Waals surface area contributed by atoms with Crippen LogP contribution in [0.2, 0.25) is 0 Å². The third kappa shape index (κ3) is 1.40. The quantitative estimate of drug-likeness (QED) is 0.549. The monoisotopic (exact) mass is 217 g/mol. The van der Waals surface area contributed by atoms with Gasteiger partial charge in [0.2, 0.25) is 0 Å². The summed E-state index contributed by atoms with van der Waals surface area (Å²) < 4.78 is 0. The minimum Gasteiger partial charge on any atom is -0.507 e. The van der Waals surface area contributed by atoms with E-state index in [2.05, 4.69) is 0 Å². The molecule has 0 radical (unpaired) electrons. The van der Waals surface area contributed by atoms with Crippen LogP contribution in [0.25, 0.3) is 16.8 Å². The molecule has 0 saturated heterocycles. The summed E-state index contributed by atoms with van der Waals surface area (Å²) >= 11 is 0. The normalized spacial score (nSPS) is 11.2. The molecular weight excluding hydrogens is 206 g/mol. The molecule has 0 saturated carbocycles. The second-order valence-corrected chi connectivity index (χ2v) is 3.39. The molecule has 4 heteroatoms. The zero-order chi connectivity index (χ0) is 11.7. The lowest BCUT2D eigenvalue weighted by molar-refractivity contribution is 0.456. The number of aromatic hydroxyl groups is 3. The average molecular weight is 217 g/mol. The predicted molar refractivity (Wildman–Crippen MR) is 62.2 cm³/mol. The van der Waals surface area contributed by atoms with Crippen LogP contribution in [-0.2, 0) is 0 Å². The van der Waals surface area contributed by atoms with Crippen LogP contribution in [0.4, 0.5) is 0 Å². The minimum atomic E-state index is -0.104. The number of fused-ring (bicyclic) bond motifs is 1. The summed E-state index contributed by atoms with van der Waals surface area (Å²) in [5, 5.41) is 29.9. The third-order valence-corrected chi connectivity index (χ3v) is 2.40. The van der Waals surface area contributed by atoms with Gasteiger partial charge in [-0.15, -0.1) is 0 Å². The van der Waals surface area contributed by atoms with Crippen molar-refractivity contribution < 1.29 is 15.3 Å². The Morgan fingerprint density at radius 3 is 2.50 bits per heavy atom. The summed E-state index contributed by atoms with van der Waals surface area (Å²) in [6, 6.07) is 6.03. The Bertz CT molecular complexity index is 576. The number of rotatable bonds is 1. The lowest BCUT2D eigenvalue weighted by atomic mass is 10.0. The molecule has 2 aromatic rings. The highest BCUT2D eigenvalue weighted by atomic mass is 16.3. The molecule has 0 aromatic heterocycles. The first kappa shape index (κ1) is 10.2. The van der Waals surface area contributed by atoms with Crippen molar-refractivity contribution in [3.8, 4) is 17.2 Å². The number of phenols is 3. The van der Waals surface area contributed by atoms with Crippen molar-refractivity contribution in [2.45, 2.75) is 0 Å². The first-order valence-corrected chi connectivity index (χ1v) is 4.70. The summed E-state index contributed by atoms with van der Waals surface area (Å²) in [6.45, 7) is 0. The summed E-state index contributed by atoms with van der Waals surface area (Å²) in [5.74, 6) is -0.207. The van der Waals surface area contributed by atoms with Gasteiger partial charge in [-0.25, -0.2) is 0 Å². The highest BCUT2D eigenvalue weighted by molar-refractivity contribution is 5.99. The molecule has 0 atom stereocenters. The van der Waals surface area contributed by atoms with Crippen molar-refractivity contribution in [2.75, 3.05) is 0 Å². The van der Waals surface area contributed by atoms with Crippen LogP contribution in [0, 0.1) is 0 Å². The lowest BCUT2D eigenvalue weighted by Crippen LogP contribution is -1.83. The highest BCUT2D eigenvalue weighted by Crippen LogP contribution is 2.40. The summed E-state index contributed by atoms with van der Waals surface area (Å²) in [4.78, 5) is 0. The Morgan fingerprint density at radius 1 is 1.06 bits per heavy atom. The maximum absolute atomic E-state index is 9.91. The van der Waals surface area contributed by atoms with E-state index in [9.17, 15) is 15.3 Å². The molecule has 2 rings (SSSR count). The molecule has 0 unspecified atom stereocenters. The first-order valence-electron chi connectivity index (χ1n) is 4.70. The van der Waals surface area contributed by atoms with Crippen LogP contribution in [0.3, 0.4) is 0 Å². The van der Waals surface area contributed by atoms with Crippen molar-refractivity contribution in [2.24, 2.45) is 5.73 Å². The van der Waals surface area contributed by atoms with Crippen LogP contribution in [0.15, 0.2) is 30.5 Å². The van der Waals surface area contributed by atoms with E-state index in [1.807, 2.05) is 0 Å². The molecule has 5 N–H and O–H groups in total. The van der Waals surface area contributed by atoms with E-state index in [4.69, 9.17) is 5.73 Å². The first-order chi connectivity index (χ1) is 7.65. The van der Waals surface area contributed by atoms with E-state index in [1.165, 1.54) is 24.4 Å². The molecule has 0 amide bonds. The van der Waals surface area contributed by atoms with Gasteiger partial charge in [-0.3, -0.25) is 0 Å². The second-order valence-electron chi connectivity index (χ2n) is 3.39. The molecule has 82 valence electrons. The summed E-state index contributed by atoms with van der Waals surface area (Å²) in [7, 11) is 0. The number of benzene rings is 2. The van der Waals surface area contributed by atoms with E-state index < -0.39 is 0 Å². The fourth-order valence-electron chi connectivity index (χ4n) is 1.67. The standard InChI is InChI=1S/C12H11NO3/c13-5-4-7-6-10(15)8-2-1-3-9(14)11(8)12(7)16/h1-6,14-16H,13H2/b5-4+. The van der Waals surface area contributed by atoms with Gasteiger partial charge in [-0.2, -0.15) is 0 Å². The van der Waals surface area contributed by atoms with Gasteiger partial charge in [0, 0.05) is 10.9 Å². The zero-order valence-electron chi connectivity index (χ0n) is 8.38. The molecule has 0 aliphatic heterocycles. The fourth-order valence-corrected chi connectivity index (χ4v) is 1.67. The molecule has 0 heterocycles. The van der Waals surface area contributed by atoms with Gasteiger partial charge in [0.1, 0.15) is 17.2 Å². The van der Waals surface area contributed by atoms with Crippen molar-refractivity contribution in [3.63, 3.8) is 0 Å². The molecule has 0 aliphatic rings. The van der Waals surface area contributed by atoms with Gasteiger partial charge >= 0.3 is 0 Å². The predicted octanol–water partition coefficient (Wildman–Crippen LogP) is 1.89. The average Bonchev–Trinajstić information content (AvgIpc) is 2.25. The van der Waals surface area contributed by atoms with Gasteiger partial charge in [0.25, 0.3) is 0 Å². The third-order valence-electron chi connectivity index (χ3n) is 2.40. The van der Waals surface area contributed by atoms with E-state index in [1.54, 1.807) is 12.1 Å². The number of hydrogen-bond donors (Lipinski definition) is 4. The van der Waals surface area contributed by atoms with Gasteiger partial charge in [0.15, 0.2) is 0 Å². The van der Waals surface area contributed by atoms with Gasteiger partial charge in [-0.05, 0) is 24.4 Å². The number of phenolic OH excluding ortho intramolecular Hbond substituents is 3. The molecule has 2 aromatic carbocycles. The zero-order valence-corrected chi connectivity index (χ0v) is 8.38. The van der Waals surface area contributed by atoms with Crippen molar-refractivity contribution >= 4 is 16.8 Å². The molecular formula is C12H11NO3. The molecule has 0 aliphatic carbocycles. The van der Waals surface area contributed by atoms with E-state index >= 15 is 0 Å².